The third-order valence-corrected chi connectivity index (χ3v) is 5.73. The third-order valence-electron chi connectivity index (χ3n) is 5.73. The molecule has 5 nitrogen and oxygen atoms in total. The molecule has 0 unspecified atom stereocenters. The van der Waals surface area contributed by atoms with E-state index in [0.717, 1.165) is 25.3 Å². The predicted octanol–water partition coefficient (Wildman–Crippen LogP) is 5.42. The first kappa shape index (κ1) is 21.9. The van der Waals surface area contributed by atoms with Crippen LogP contribution in [-0.2, 0) is 6.18 Å². The number of hydrogen-bond acceptors (Lipinski definition) is 4. The number of alkyl halides is 3. The van der Waals surface area contributed by atoms with Gasteiger partial charge in [0, 0.05) is 23.2 Å². The number of carbonyl (C=O) groups is 1. The number of nitrogens with one attached hydrogen (secondary N) is 2. The van der Waals surface area contributed by atoms with Gasteiger partial charge in [0.2, 0.25) is 0 Å². The van der Waals surface area contributed by atoms with Crippen LogP contribution in [0.25, 0.3) is 10.9 Å². The lowest BCUT2D eigenvalue weighted by molar-refractivity contribution is -0.140. The highest BCUT2D eigenvalue weighted by Gasteiger charge is 2.34. The molecule has 2 aromatic carbocycles. The molecule has 3 aromatic rings. The largest absolute Gasteiger partial charge is 0.496 e. The van der Waals surface area contributed by atoms with Crippen LogP contribution in [0.3, 0.4) is 0 Å². The summed E-state index contributed by atoms with van der Waals surface area (Å²) in [6, 6.07) is 14.7. The molecule has 1 amide bonds. The molecule has 0 saturated heterocycles. The number of benzene rings is 2. The number of methoxy groups -OCH3 is 1. The van der Waals surface area contributed by atoms with Gasteiger partial charge in [-0.05, 0) is 49.9 Å². The van der Waals surface area contributed by atoms with Gasteiger partial charge in [0.1, 0.15) is 11.4 Å². The van der Waals surface area contributed by atoms with Gasteiger partial charge < -0.3 is 15.4 Å². The number of carbonyl (C=O) groups excluding carboxylic acids is 1. The minimum atomic E-state index is -4.53. The number of rotatable bonds is 5. The maximum absolute atomic E-state index is 13.4. The Morgan fingerprint density at radius 2 is 1.78 bits per heavy atom. The van der Waals surface area contributed by atoms with Crippen molar-refractivity contribution in [3.05, 3.63) is 65.9 Å². The summed E-state index contributed by atoms with van der Waals surface area (Å²) in [7, 11) is 1.51. The molecule has 4 rings (SSSR count). The number of anilines is 1. The molecule has 1 aliphatic rings. The second kappa shape index (κ2) is 9.06. The SMILES string of the molecule is COc1ccccc1C(=O)N[C@@H]1CCC[C@H](Nc2cc(C(F)(F)F)nc3ccccc23)C1. The van der Waals surface area contributed by atoms with E-state index in [1.54, 1.807) is 48.5 Å². The minimum absolute atomic E-state index is 0.0707. The van der Waals surface area contributed by atoms with E-state index >= 15 is 0 Å². The van der Waals surface area contributed by atoms with Crippen molar-refractivity contribution >= 4 is 22.5 Å². The van der Waals surface area contributed by atoms with Crippen LogP contribution in [-0.4, -0.2) is 30.1 Å². The number of ether oxygens (including phenoxy) is 1. The summed E-state index contributed by atoms with van der Waals surface area (Å²) in [6.45, 7) is 0. The third kappa shape index (κ3) is 4.79. The van der Waals surface area contributed by atoms with Crippen molar-refractivity contribution in [3.8, 4) is 5.75 Å². The molecule has 0 radical (unpaired) electrons. The molecule has 168 valence electrons. The highest BCUT2D eigenvalue weighted by Crippen LogP contribution is 2.34. The number of amides is 1. The molecule has 32 heavy (non-hydrogen) atoms. The lowest BCUT2D eigenvalue weighted by Crippen LogP contribution is -2.42. The number of hydrogen-bond donors (Lipinski definition) is 2. The lowest BCUT2D eigenvalue weighted by atomic mass is 9.90. The van der Waals surface area contributed by atoms with E-state index < -0.39 is 11.9 Å². The Morgan fingerprint density at radius 3 is 2.56 bits per heavy atom. The Hall–Kier alpha value is -3.29. The standard InChI is InChI=1S/C24H24F3N3O2/c1-32-21-12-5-3-10-18(21)23(31)29-16-8-6-7-15(13-16)28-20-14-22(24(25,26)27)30-19-11-4-2-9-17(19)20/h2-5,9-12,14-16H,6-8,13H2,1H3,(H,28,30)(H,29,31)/t15-,16+/m0/s1. The van der Waals surface area contributed by atoms with Crippen LogP contribution in [0.1, 0.15) is 41.7 Å². The van der Waals surface area contributed by atoms with Gasteiger partial charge in [0.15, 0.2) is 0 Å². The summed E-state index contributed by atoms with van der Waals surface area (Å²) in [5.74, 6) is 0.278. The van der Waals surface area contributed by atoms with E-state index in [2.05, 4.69) is 15.6 Å². The minimum Gasteiger partial charge on any atom is -0.496 e. The normalized spacial score (nSPS) is 18.9. The molecule has 1 heterocycles. The fraction of sp³-hybridized carbons (Fsp3) is 0.333. The number of pyridine rings is 1. The summed E-state index contributed by atoms with van der Waals surface area (Å²) in [5.41, 5.74) is 0.238. The number of nitrogens with zero attached hydrogens (tertiary/aromatic N) is 1. The molecule has 1 aliphatic carbocycles. The maximum Gasteiger partial charge on any atom is 0.433 e. The number of aromatic nitrogens is 1. The zero-order chi connectivity index (χ0) is 22.7. The molecule has 0 spiro atoms. The van der Waals surface area contributed by atoms with Crippen molar-refractivity contribution < 1.29 is 22.7 Å². The smallest absolute Gasteiger partial charge is 0.433 e. The highest BCUT2D eigenvalue weighted by atomic mass is 19.4. The zero-order valence-corrected chi connectivity index (χ0v) is 17.6. The summed E-state index contributed by atoms with van der Waals surface area (Å²) in [6.07, 6.45) is -1.45. The molecule has 1 saturated carbocycles. The van der Waals surface area contributed by atoms with E-state index in [4.69, 9.17) is 4.74 Å². The first-order valence-electron chi connectivity index (χ1n) is 10.5. The summed E-state index contributed by atoms with van der Waals surface area (Å²) in [4.78, 5) is 16.5. The van der Waals surface area contributed by atoms with E-state index in [-0.39, 0.29) is 18.0 Å². The molecular formula is C24H24F3N3O2. The Morgan fingerprint density at radius 1 is 1.06 bits per heavy atom. The first-order chi connectivity index (χ1) is 15.3. The maximum atomic E-state index is 13.4. The number of halogens is 3. The molecule has 0 bridgehead atoms. The number of fused-ring (bicyclic) bond motifs is 1. The van der Waals surface area contributed by atoms with E-state index in [9.17, 15) is 18.0 Å². The van der Waals surface area contributed by atoms with Crippen molar-refractivity contribution in [2.24, 2.45) is 0 Å². The van der Waals surface area contributed by atoms with Gasteiger partial charge in [-0.1, -0.05) is 30.3 Å². The number of para-hydroxylation sites is 2. The molecule has 2 N–H and O–H groups in total. The summed E-state index contributed by atoms with van der Waals surface area (Å²) >= 11 is 0. The van der Waals surface area contributed by atoms with Crippen molar-refractivity contribution in [3.63, 3.8) is 0 Å². The molecule has 1 fully saturated rings. The quantitative estimate of drug-likeness (QED) is 0.553. The van der Waals surface area contributed by atoms with Crippen molar-refractivity contribution in [2.45, 2.75) is 43.9 Å². The van der Waals surface area contributed by atoms with E-state index in [0.29, 0.717) is 34.3 Å². The van der Waals surface area contributed by atoms with Gasteiger partial charge in [-0.3, -0.25) is 4.79 Å². The zero-order valence-electron chi connectivity index (χ0n) is 17.6. The monoisotopic (exact) mass is 443 g/mol. The van der Waals surface area contributed by atoms with Crippen LogP contribution < -0.4 is 15.4 Å². The molecule has 1 aromatic heterocycles. The topological polar surface area (TPSA) is 63.2 Å². The van der Waals surface area contributed by atoms with Gasteiger partial charge in [0.05, 0.1) is 18.2 Å². The van der Waals surface area contributed by atoms with Gasteiger partial charge in [-0.2, -0.15) is 13.2 Å². The van der Waals surface area contributed by atoms with Gasteiger partial charge in [0.25, 0.3) is 5.91 Å². The summed E-state index contributed by atoms with van der Waals surface area (Å²) < 4.78 is 45.3. The Balaban J connectivity index is 1.51. The lowest BCUT2D eigenvalue weighted by Gasteiger charge is -2.31. The molecular weight excluding hydrogens is 419 g/mol. The van der Waals surface area contributed by atoms with Crippen LogP contribution in [0, 0.1) is 0 Å². The second-order valence-electron chi connectivity index (χ2n) is 7.95. The molecule has 2 atom stereocenters. The van der Waals surface area contributed by atoms with Crippen molar-refractivity contribution in [2.75, 3.05) is 12.4 Å². The summed E-state index contributed by atoms with van der Waals surface area (Å²) in [5, 5.41) is 6.97. The van der Waals surface area contributed by atoms with Gasteiger partial charge >= 0.3 is 6.18 Å². The Labute approximate surface area is 184 Å². The highest BCUT2D eigenvalue weighted by molar-refractivity contribution is 5.97. The Bertz CT molecular complexity index is 1120. The second-order valence-corrected chi connectivity index (χ2v) is 7.95. The van der Waals surface area contributed by atoms with Crippen LogP contribution >= 0.6 is 0 Å². The predicted molar refractivity (Wildman–Crippen MR) is 117 cm³/mol. The van der Waals surface area contributed by atoms with Crippen LogP contribution in [0.5, 0.6) is 5.75 Å². The van der Waals surface area contributed by atoms with E-state index in [1.165, 1.54) is 7.11 Å². The fourth-order valence-corrected chi connectivity index (χ4v) is 4.21. The van der Waals surface area contributed by atoms with Gasteiger partial charge in [-0.15, -0.1) is 0 Å². The van der Waals surface area contributed by atoms with Crippen LogP contribution in [0.2, 0.25) is 0 Å². The van der Waals surface area contributed by atoms with Crippen molar-refractivity contribution in [1.82, 2.24) is 10.3 Å². The van der Waals surface area contributed by atoms with Gasteiger partial charge in [-0.25, -0.2) is 4.98 Å². The van der Waals surface area contributed by atoms with E-state index in [1.807, 2.05) is 0 Å². The molecule has 8 heteroatoms. The average Bonchev–Trinajstić information content (AvgIpc) is 2.78. The fourth-order valence-electron chi connectivity index (χ4n) is 4.21. The van der Waals surface area contributed by atoms with Crippen LogP contribution in [0.15, 0.2) is 54.6 Å². The van der Waals surface area contributed by atoms with Crippen LogP contribution in [0.4, 0.5) is 18.9 Å². The Kier molecular flexibility index (Phi) is 6.21. The average molecular weight is 443 g/mol. The molecule has 0 aliphatic heterocycles. The first-order valence-corrected chi connectivity index (χ1v) is 10.5. The van der Waals surface area contributed by atoms with Crippen molar-refractivity contribution in [1.29, 1.82) is 0 Å².